The molecule has 3 unspecified atom stereocenters. The van der Waals surface area contributed by atoms with E-state index in [1.54, 1.807) is 23.3 Å². The minimum absolute atomic E-state index is 0.198. The van der Waals surface area contributed by atoms with Gasteiger partial charge in [0.1, 0.15) is 5.69 Å². The van der Waals surface area contributed by atoms with E-state index in [-0.39, 0.29) is 22.5 Å². The van der Waals surface area contributed by atoms with Gasteiger partial charge in [-0.05, 0) is 31.2 Å². The lowest BCUT2D eigenvalue weighted by Crippen LogP contribution is -2.24. The number of fused-ring (bicyclic) bond motifs is 1. The van der Waals surface area contributed by atoms with Crippen LogP contribution in [0.15, 0.2) is 49.3 Å². The zero-order valence-corrected chi connectivity index (χ0v) is 21.4. The third-order valence-corrected chi connectivity index (χ3v) is 7.44. The van der Waals surface area contributed by atoms with Crippen LogP contribution in [0.2, 0.25) is 5.02 Å². The number of anilines is 2. The maximum absolute atomic E-state index is 14.7. The summed E-state index contributed by atoms with van der Waals surface area (Å²) in [5.74, 6) is 0.561. The highest BCUT2D eigenvalue weighted by molar-refractivity contribution is 6.31. The number of hydrogen-bond acceptors (Lipinski definition) is 7. The predicted molar refractivity (Wildman–Crippen MR) is 137 cm³/mol. The van der Waals surface area contributed by atoms with Crippen molar-refractivity contribution in [1.82, 2.24) is 29.7 Å². The molecule has 1 saturated heterocycles. The number of piperidine rings is 1. The number of carbonyl (C=O) groups is 1. The van der Waals surface area contributed by atoms with Crippen LogP contribution in [0.3, 0.4) is 0 Å². The number of nitrogens with zero attached hydrogens (tertiary/aromatic N) is 7. The highest BCUT2D eigenvalue weighted by Crippen LogP contribution is 2.45. The van der Waals surface area contributed by atoms with Gasteiger partial charge in [0.05, 0.1) is 41.0 Å². The van der Waals surface area contributed by atoms with E-state index in [4.69, 9.17) is 11.6 Å². The van der Waals surface area contributed by atoms with E-state index in [2.05, 4.69) is 35.3 Å². The molecule has 6 rings (SSSR count). The van der Waals surface area contributed by atoms with Gasteiger partial charge < -0.3 is 10.2 Å². The standard InChI is InChI=1S/C26H22ClF3N8O/c1-13(16-5-32-26(33-6-16)37-10-14-4-15(14)11-37)38-12-17(7-34-38)35-25(39)21-9-31-8-20(36-21)22-18(24(29)30)2-3-19(27)23(22)28/h2-3,5-9,12-15,24H,4,10-11H2,1H3,(H,35,39). The molecule has 3 aromatic heterocycles. The number of rotatable bonds is 7. The second-order valence-corrected chi connectivity index (χ2v) is 10.1. The average molecular weight is 555 g/mol. The molecule has 1 amide bonds. The molecule has 39 heavy (non-hydrogen) atoms. The molecule has 9 nitrogen and oxygen atoms in total. The fraction of sp³-hybridized carbons (Fsp3) is 0.308. The second-order valence-electron chi connectivity index (χ2n) is 9.73. The lowest BCUT2D eigenvalue weighted by Gasteiger charge is -2.18. The number of nitrogens with one attached hydrogen (secondary N) is 1. The van der Waals surface area contributed by atoms with Gasteiger partial charge in [0, 0.05) is 48.4 Å². The zero-order chi connectivity index (χ0) is 27.3. The van der Waals surface area contributed by atoms with Crippen molar-refractivity contribution in [3.63, 3.8) is 0 Å². The summed E-state index contributed by atoms with van der Waals surface area (Å²) in [6, 6.07) is 1.85. The lowest BCUT2D eigenvalue weighted by atomic mass is 10.0. The molecule has 0 bridgehead atoms. The van der Waals surface area contributed by atoms with E-state index < -0.39 is 29.3 Å². The number of amides is 1. The monoisotopic (exact) mass is 554 g/mol. The Morgan fingerprint density at radius 1 is 1.10 bits per heavy atom. The third-order valence-electron chi connectivity index (χ3n) is 7.14. The summed E-state index contributed by atoms with van der Waals surface area (Å²) < 4.78 is 43.3. The van der Waals surface area contributed by atoms with Gasteiger partial charge in [-0.15, -0.1) is 0 Å². The fourth-order valence-corrected chi connectivity index (χ4v) is 5.00. The normalized spacial score (nSPS) is 18.8. The molecule has 3 atom stereocenters. The molecule has 1 N–H and O–H groups in total. The van der Waals surface area contributed by atoms with Crippen molar-refractivity contribution in [2.45, 2.75) is 25.8 Å². The quantitative estimate of drug-likeness (QED) is 0.336. The third kappa shape index (κ3) is 4.91. The Morgan fingerprint density at radius 3 is 2.56 bits per heavy atom. The van der Waals surface area contributed by atoms with Crippen molar-refractivity contribution in [1.29, 1.82) is 0 Å². The van der Waals surface area contributed by atoms with Gasteiger partial charge in [-0.25, -0.2) is 28.1 Å². The van der Waals surface area contributed by atoms with Crippen LogP contribution in [0.25, 0.3) is 11.3 Å². The van der Waals surface area contributed by atoms with Crippen LogP contribution in [0.5, 0.6) is 0 Å². The molecule has 1 aliphatic carbocycles. The highest BCUT2D eigenvalue weighted by atomic mass is 35.5. The molecule has 0 spiro atoms. The van der Waals surface area contributed by atoms with Crippen LogP contribution < -0.4 is 10.2 Å². The van der Waals surface area contributed by atoms with Crippen molar-refractivity contribution in [2.75, 3.05) is 23.3 Å². The Hall–Kier alpha value is -4.06. The average Bonchev–Trinajstić information content (AvgIpc) is 3.30. The molecule has 200 valence electrons. The zero-order valence-electron chi connectivity index (χ0n) is 20.6. The first-order chi connectivity index (χ1) is 18.8. The highest BCUT2D eigenvalue weighted by Gasteiger charge is 2.45. The Balaban J connectivity index is 1.16. The van der Waals surface area contributed by atoms with E-state index in [0.29, 0.717) is 5.69 Å². The molecule has 4 aromatic rings. The summed E-state index contributed by atoms with van der Waals surface area (Å²) in [5, 5.41) is 6.63. The van der Waals surface area contributed by atoms with Crippen LogP contribution in [-0.2, 0) is 0 Å². The van der Waals surface area contributed by atoms with E-state index in [1.165, 1.54) is 12.6 Å². The first-order valence-corrected chi connectivity index (χ1v) is 12.7. The maximum atomic E-state index is 14.7. The Morgan fingerprint density at radius 2 is 1.85 bits per heavy atom. The minimum Gasteiger partial charge on any atom is -0.340 e. The topological polar surface area (TPSA) is 102 Å². The van der Waals surface area contributed by atoms with E-state index in [1.807, 2.05) is 6.92 Å². The summed E-state index contributed by atoms with van der Waals surface area (Å²) in [6.45, 7) is 3.95. The van der Waals surface area contributed by atoms with Crippen LogP contribution >= 0.6 is 11.6 Å². The van der Waals surface area contributed by atoms with Gasteiger partial charge in [0.25, 0.3) is 12.3 Å². The van der Waals surface area contributed by atoms with E-state index in [9.17, 15) is 18.0 Å². The van der Waals surface area contributed by atoms with Crippen molar-refractivity contribution in [2.24, 2.45) is 11.8 Å². The number of halogens is 4. The van der Waals surface area contributed by atoms with Gasteiger partial charge in [0.15, 0.2) is 5.82 Å². The Kier molecular flexibility index (Phi) is 6.42. The number of hydrogen-bond donors (Lipinski definition) is 1. The molecular weight excluding hydrogens is 533 g/mol. The van der Waals surface area contributed by atoms with Gasteiger partial charge in [-0.1, -0.05) is 17.7 Å². The van der Waals surface area contributed by atoms with Crippen molar-refractivity contribution in [3.05, 3.63) is 77.0 Å². The molecule has 1 saturated carbocycles. The predicted octanol–water partition coefficient (Wildman–Crippen LogP) is 5.18. The summed E-state index contributed by atoms with van der Waals surface area (Å²) >= 11 is 5.80. The number of aromatic nitrogens is 6. The van der Waals surface area contributed by atoms with Crippen LogP contribution in [0.4, 0.5) is 24.8 Å². The van der Waals surface area contributed by atoms with Gasteiger partial charge in [0.2, 0.25) is 5.95 Å². The number of benzene rings is 1. The molecular formula is C26H22ClF3N8O. The molecule has 0 radical (unpaired) electrons. The molecule has 1 aliphatic heterocycles. The maximum Gasteiger partial charge on any atom is 0.275 e. The smallest absolute Gasteiger partial charge is 0.275 e. The summed E-state index contributed by atoms with van der Waals surface area (Å²) in [5.41, 5.74) is -0.326. The number of carbonyl (C=O) groups excluding carboxylic acids is 1. The minimum atomic E-state index is -2.98. The van der Waals surface area contributed by atoms with Crippen molar-refractivity contribution < 1.29 is 18.0 Å². The molecule has 2 fully saturated rings. The first-order valence-electron chi connectivity index (χ1n) is 12.3. The van der Waals surface area contributed by atoms with Gasteiger partial charge in [-0.3, -0.25) is 14.5 Å². The largest absolute Gasteiger partial charge is 0.340 e. The molecule has 4 heterocycles. The lowest BCUT2D eigenvalue weighted by molar-refractivity contribution is 0.102. The molecule has 13 heteroatoms. The molecule has 1 aromatic carbocycles. The van der Waals surface area contributed by atoms with Crippen LogP contribution in [0.1, 0.15) is 47.4 Å². The summed E-state index contributed by atoms with van der Waals surface area (Å²) in [7, 11) is 0. The SMILES string of the molecule is CC(c1cnc(N2CC3CC3C2)nc1)n1cc(NC(=O)c2cncc(-c3c(C(F)F)ccc(Cl)c3F)n2)cn1. The second kappa shape index (κ2) is 9.92. The fourth-order valence-electron chi connectivity index (χ4n) is 4.84. The van der Waals surface area contributed by atoms with Crippen LogP contribution in [-0.4, -0.2) is 48.7 Å². The Bertz CT molecular complexity index is 1540. The van der Waals surface area contributed by atoms with Crippen molar-refractivity contribution >= 4 is 29.1 Å². The van der Waals surface area contributed by atoms with Gasteiger partial charge in [-0.2, -0.15) is 5.10 Å². The molecule has 2 aliphatic rings. The van der Waals surface area contributed by atoms with E-state index >= 15 is 0 Å². The van der Waals surface area contributed by atoms with Crippen molar-refractivity contribution in [3.8, 4) is 11.3 Å². The summed E-state index contributed by atoms with van der Waals surface area (Å²) in [6.07, 6.45) is 7.22. The Labute approximate surface area is 226 Å². The van der Waals surface area contributed by atoms with E-state index in [0.717, 1.165) is 61.0 Å². The van der Waals surface area contributed by atoms with Gasteiger partial charge >= 0.3 is 0 Å². The van der Waals surface area contributed by atoms with Crippen LogP contribution in [0, 0.1) is 17.7 Å². The number of alkyl halides is 2. The first kappa shape index (κ1) is 25.2. The summed E-state index contributed by atoms with van der Waals surface area (Å²) in [4.78, 5) is 32.1.